The van der Waals surface area contributed by atoms with Crippen LogP contribution in [-0.2, 0) is 0 Å². The van der Waals surface area contributed by atoms with Gasteiger partial charge in [0, 0.05) is 21.7 Å². The first kappa shape index (κ1) is 17.1. The van der Waals surface area contributed by atoms with Gasteiger partial charge in [-0.15, -0.1) is 5.10 Å². The summed E-state index contributed by atoms with van der Waals surface area (Å²) in [5.74, 6) is 1.91. The van der Waals surface area contributed by atoms with Crippen LogP contribution in [0, 0.1) is 0 Å². The molecule has 0 unspecified atom stereocenters. The molecule has 2 aromatic carbocycles. The lowest BCUT2D eigenvalue weighted by Gasteiger charge is -1.96. The van der Waals surface area contributed by atoms with E-state index in [2.05, 4.69) is 26.0 Å². The Morgan fingerprint density at radius 3 is 2.50 bits per heavy atom. The Kier molecular flexibility index (Phi) is 4.18. The molecular weight excluding hydrogens is 438 g/mol. The standard InChI is InChI=1S/C21H12BrN3O2S/c22-15-8-6-13(7-9-15)17-11-10-16(27-17)12-18-20(26)25-21(28-18)23-19(24-25)14-4-2-1-3-5-14/h1-12H/b18-12-. The van der Waals surface area contributed by atoms with Crippen molar-refractivity contribution in [2.75, 3.05) is 0 Å². The lowest BCUT2D eigenvalue weighted by atomic mass is 10.2. The summed E-state index contributed by atoms with van der Waals surface area (Å²) in [5, 5.41) is 4.35. The lowest BCUT2D eigenvalue weighted by molar-refractivity contribution is 0.571. The van der Waals surface area contributed by atoms with Crippen LogP contribution in [0.1, 0.15) is 5.76 Å². The van der Waals surface area contributed by atoms with E-state index in [4.69, 9.17) is 4.42 Å². The van der Waals surface area contributed by atoms with E-state index in [0.29, 0.717) is 21.1 Å². The Hall–Kier alpha value is -3.03. The molecule has 0 N–H and O–H groups in total. The predicted octanol–water partition coefficient (Wildman–Crippen LogP) is 4.39. The van der Waals surface area contributed by atoms with Crippen LogP contribution in [0.4, 0.5) is 0 Å². The molecule has 0 spiro atoms. The third kappa shape index (κ3) is 3.08. The van der Waals surface area contributed by atoms with Gasteiger partial charge < -0.3 is 4.42 Å². The molecule has 136 valence electrons. The first-order chi connectivity index (χ1) is 13.7. The topological polar surface area (TPSA) is 60.4 Å². The van der Waals surface area contributed by atoms with Crippen LogP contribution < -0.4 is 10.1 Å². The first-order valence-electron chi connectivity index (χ1n) is 8.50. The van der Waals surface area contributed by atoms with Crippen LogP contribution in [0.3, 0.4) is 0 Å². The Labute approximate surface area is 171 Å². The van der Waals surface area contributed by atoms with E-state index < -0.39 is 0 Å². The zero-order valence-corrected chi connectivity index (χ0v) is 16.8. The molecular formula is C21H12BrN3O2S. The first-order valence-corrected chi connectivity index (χ1v) is 10.1. The number of rotatable bonds is 3. The molecule has 5 aromatic rings. The van der Waals surface area contributed by atoms with Gasteiger partial charge in [-0.1, -0.05) is 69.7 Å². The molecule has 0 saturated heterocycles. The minimum atomic E-state index is -0.198. The predicted molar refractivity (Wildman–Crippen MR) is 113 cm³/mol. The molecule has 0 bridgehead atoms. The van der Waals surface area contributed by atoms with Gasteiger partial charge >= 0.3 is 0 Å². The third-order valence-electron chi connectivity index (χ3n) is 4.24. The van der Waals surface area contributed by atoms with Crippen molar-refractivity contribution >= 4 is 38.3 Å². The highest BCUT2D eigenvalue weighted by Gasteiger charge is 2.12. The van der Waals surface area contributed by atoms with Gasteiger partial charge in [0.25, 0.3) is 5.56 Å². The maximum Gasteiger partial charge on any atom is 0.291 e. The second kappa shape index (κ2) is 6.85. The van der Waals surface area contributed by atoms with Crippen molar-refractivity contribution in [2.45, 2.75) is 0 Å². The van der Waals surface area contributed by atoms with E-state index in [-0.39, 0.29) is 5.56 Å². The van der Waals surface area contributed by atoms with Crippen molar-refractivity contribution in [3.05, 3.63) is 91.8 Å². The van der Waals surface area contributed by atoms with Gasteiger partial charge in [0.05, 0.1) is 0 Å². The molecule has 0 fully saturated rings. The van der Waals surface area contributed by atoms with Crippen LogP contribution in [-0.4, -0.2) is 14.6 Å². The van der Waals surface area contributed by atoms with E-state index in [1.54, 1.807) is 6.08 Å². The Morgan fingerprint density at radius 1 is 0.964 bits per heavy atom. The molecule has 28 heavy (non-hydrogen) atoms. The van der Waals surface area contributed by atoms with E-state index in [1.807, 2.05) is 66.7 Å². The Bertz CT molecular complexity index is 1390. The molecule has 5 nitrogen and oxygen atoms in total. The van der Waals surface area contributed by atoms with E-state index in [1.165, 1.54) is 15.9 Å². The molecule has 0 amide bonds. The van der Waals surface area contributed by atoms with Gasteiger partial charge in [0.15, 0.2) is 5.82 Å². The normalized spacial score (nSPS) is 12.1. The summed E-state index contributed by atoms with van der Waals surface area (Å²) in [4.78, 5) is 17.7. The number of benzene rings is 2. The number of furan rings is 1. The average Bonchev–Trinajstić information content (AvgIpc) is 3.41. The van der Waals surface area contributed by atoms with Crippen LogP contribution in [0.15, 0.2) is 80.4 Å². The quantitative estimate of drug-likeness (QED) is 0.409. The second-order valence-electron chi connectivity index (χ2n) is 6.12. The van der Waals surface area contributed by atoms with Crippen molar-refractivity contribution in [3.63, 3.8) is 0 Å². The zero-order valence-electron chi connectivity index (χ0n) is 14.4. The van der Waals surface area contributed by atoms with Crippen molar-refractivity contribution < 1.29 is 4.42 Å². The molecule has 0 aliphatic carbocycles. The van der Waals surface area contributed by atoms with Crippen LogP contribution >= 0.6 is 27.3 Å². The molecule has 5 rings (SSSR count). The summed E-state index contributed by atoms with van der Waals surface area (Å²) in [5.41, 5.74) is 1.66. The van der Waals surface area contributed by atoms with Gasteiger partial charge in [-0.25, -0.2) is 0 Å². The maximum atomic E-state index is 12.7. The van der Waals surface area contributed by atoms with Crippen molar-refractivity contribution in [2.24, 2.45) is 0 Å². The largest absolute Gasteiger partial charge is 0.457 e. The van der Waals surface area contributed by atoms with E-state index in [9.17, 15) is 4.79 Å². The molecule has 0 aliphatic heterocycles. The van der Waals surface area contributed by atoms with Crippen molar-refractivity contribution in [1.29, 1.82) is 0 Å². The number of hydrogen-bond donors (Lipinski definition) is 0. The van der Waals surface area contributed by atoms with Gasteiger partial charge in [0.1, 0.15) is 16.1 Å². The smallest absolute Gasteiger partial charge is 0.291 e. The highest BCUT2D eigenvalue weighted by Crippen LogP contribution is 2.24. The Morgan fingerprint density at radius 2 is 1.75 bits per heavy atom. The van der Waals surface area contributed by atoms with Gasteiger partial charge in [-0.05, 0) is 24.3 Å². The minimum Gasteiger partial charge on any atom is -0.457 e. The number of hydrogen-bond acceptors (Lipinski definition) is 5. The maximum absolute atomic E-state index is 12.7. The number of halogens is 1. The summed E-state index contributed by atoms with van der Waals surface area (Å²) in [6, 6.07) is 21.2. The fourth-order valence-electron chi connectivity index (χ4n) is 2.87. The fourth-order valence-corrected chi connectivity index (χ4v) is 4.02. The van der Waals surface area contributed by atoms with Gasteiger partial charge in [-0.3, -0.25) is 4.79 Å². The van der Waals surface area contributed by atoms with Gasteiger partial charge in [-0.2, -0.15) is 9.50 Å². The number of nitrogens with zero attached hydrogens (tertiary/aromatic N) is 3. The number of thiazole rings is 1. The number of aromatic nitrogens is 3. The van der Waals surface area contributed by atoms with Crippen LogP contribution in [0.5, 0.6) is 0 Å². The second-order valence-corrected chi connectivity index (χ2v) is 8.05. The van der Waals surface area contributed by atoms with Crippen LogP contribution in [0.2, 0.25) is 0 Å². The summed E-state index contributed by atoms with van der Waals surface area (Å²) in [6.07, 6.45) is 1.73. The SMILES string of the molecule is O=c1/c(=C/c2ccc(-c3ccc(Br)cc3)o2)sc2nc(-c3ccccc3)nn12. The lowest BCUT2D eigenvalue weighted by Crippen LogP contribution is -2.23. The zero-order chi connectivity index (χ0) is 19.1. The third-order valence-corrected chi connectivity index (χ3v) is 5.73. The van der Waals surface area contributed by atoms with Crippen LogP contribution in [0.25, 0.3) is 33.7 Å². The number of fused-ring (bicyclic) bond motifs is 1. The highest BCUT2D eigenvalue weighted by molar-refractivity contribution is 9.10. The summed E-state index contributed by atoms with van der Waals surface area (Å²) < 4.78 is 8.77. The summed E-state index contributed by atoms with van der Waals surface area (Å²) >= 11 is 4.72. The summed E-state index contributed by atoms with van der Waals surface area (Å²) in [6.45, 7) is 0. The summed E-state index contributed by atoms with van der Waals surface area (Å²) in [7, 11) is 0. The van der Waals surface area contributed by atoms with Crippen molar-refractivity contribution in [1.82, 2.24) is 14.6 Å². The molecule has 7 heteroatoms. The molecule has 3 heterocycles. The molecule has 0 radical (unpaired) electrons. The van der Waals surface area contributed by atoms with Gasteiger partial charge in [0.2, 0.25) is 4.96 Å². The average molecular weight is 450 g/mol. The van der Waals surface area contributed by atoms with E-state index >= 15 is 0 Å². The molecule has 0 saturated carbocycles. The molecule has 3 aromatic heterocycles. The Balaban J connectivity index is 1.52. The highest BCUT2D eigenvalue weighted by atomic mass is 79.9. The monoisotopic (exact) mass is 449 g/mol. The van der Waals surface area contributed by atoms with Crippen molar-refractivity contribution in [3.8, 4) is 22.7 Å². The molecule has 0 aliphatic rings. The minimum absolute atomic E-state index is 0.198. The fraction of sp³-hybridized carbons (Fsp3) is 0. The van der Waals surface area contributed by atoms with E-state index in [0.717, 1.165) is 21.4 Å². The molecule has 0 atom stereocenters.